The molecular formula is C27H27N5OS. The van der Waals surface area contributed by atoms with Gasteiger partial charge >= 0.3 is 0 Å². The lowest BCUT2D eigenvalue weighted by Crippen LogP contribution is -2.58. The molecule has 5 aromatic rings. The van der Waals surface area contributed by atoms with Gasteiger partial charge in [-0.3, -0.25) is 0 Å². The van der Waals surface area contributed by atoms with E-state index < -0.39 is 11.1 Å². The second-order valence-corrected chi connectivity index (χ2v) is 11.1. The first-order chi connectivity index (χ1) is 16.2. The Kier molecular flexibility index (Phi) is 4.68. The minimum absolute atomic E-state index is 0.310. The summed E-state index contributed by atoms with van der Waals surface area (Å²) in [7, 11) is 0. The van der Waals surface area contributed by atoms with Gasteiger partial charge in [-0.05, 0) is 48.8 Å². The van der Waals surface area contributed by atoms with Gasteiger partial charge in [0.15, 0.2) is 11.3 Å². The van der Waals surface area contributed by atoms with Crippen molar-refractivity contribution < 1.29 is 5.11 Å². The van der Waals surface area contributed by atoms with Crippen molar-refractivity contribution in [3.63, 3.8) is 0 Å². The topological polar surface area (TPSA) is 89.3 Å². The van der Waals surface area contributed by atoms with Gasteiger partial charge in [0, 0.05) is 39.2 Å². The summed E-state index contributed by atoms with van der Waals surface area (Å²) >= 11 is 1.69. The molecule has 34 heavy (non-hydrogen) atoms. The van der Waals surface area contributed by atoms with E-state index in [0.29, 0.717) is 18.8 Å². The lowest BCUT2D eigenvalue weighted by Gasteiger charge is -2.49. The Bertz CT molecular complexity index is 1510. The fourth-order valence-electron chi connectivity index (χ4n) is 5.15. The minimum atomic E-state index is -0.683. The largest absolute Gasteiger partial charge is 0.390 e. The predicted molar refractivity (Wildman–Crippen MR) is 137 cm³/mol. The first-order valence-corrected chi connectivity index (χ1v) is 12.5. The Morgan fingerprint density at radius 2 is 1.88 bits per heavy atom. The van der Waals surface area contributed by atoms with E-state index in [4.69, 9.17) is 15.8 Å². The highest BCUT2D eigenvalue weighted by Gasteiger charge is 2.49. The van der Waals surface area contributed by atoms with Gasteiger partial charge in [0.25, 0.3) is 0 Å². The Morgan fingerprint density at radius 3 is 2.53 bits per heavy atom. The van der Waals surface area contributed by atoms with E-state index in [-0.39, 0.29) is 0 Å². The molecular weight excluding hydrogens is 442 g/mol. The molecule has 0 atom stereocenters. The molecule has 3 N–H and O–H groups in total. The van der Waals surface area contributed by atoms with E-state index in [1.807, 2.05) is 23.7 Å². The van der Waals surface area contributed by atoms with Crippen LogP contribution in [-0.2, 0) is 5.54 Å². The second-order valence-electron chi connectivity index (χ2n) is 10.1. The maximum atomic E-state index is 10.2. The van der Waals surface area contributed by atoms with Crippen molar-refractivity contribution in [3.05, 3.63) is 71.4 Å². The number of pyridine rings is 1. The average Bonchev–Trinajstić information content (AvgIpc) is 3.47. The Balaban J connectivity index is 1.52. The number of benzene rings is 1. The van der Waals surface area contributed by atoms with E-state index >= 15 is 0 Å². The Morgan fingerprint density at radius 1 is 1.12 bits per heavy atom. The van der Waals surface area contributed by atoms with Gasteiger partial charge < -0.3 is 10.8 Å². The number of rotatable bonds is 4. The molecule has 172 valence electrons. The van der Waals surface area contributed by atoms with Gasteiger partial charge in [-0.15, -0.1) is 11.3 Å². The normalized spacial score (nSPS) is 22.5. The smallest absolute Gasteiger partial charge is 0.165 e. The summed E-state index contributed by atoms with van der Waals surface area (Å²) in [5, 5.41) is 18.0. The van der Waals surface area contributed by atoms with Crippen LogP contribution in [0.5, 0.6) is 0 Å². The van der Waals surface area contributed by atoms with E-state index in [1.165, 1.54) is 0 Å². The number of fused-ring (bicyclic) bond motifs is 3. The molecule has 1 aromatic carbocycles. The molecule has 0 amide bonds. The Hall–Kier alpha value is -3.13. The molecule has 1 saturated carbocycles. The van der Waals surface area contributed by atoms with Gasteiger partial charge in [0.2, 0.25) is 0 Å². The molecule has 1 aliphatic rings. The quantitative estimate of drug-likeness (QED) is 0.363. The van der Waals surface area contributed by atoms with Crippen LogP contribution < -0.4 is 5.73 Å². The van der Waals surface area contributed by atoms with Crippen LogP contribution in [0.1, 0.15) is 50.8 Å². The van der Waals surface area contributed by atoms with Gasteiger partial charge in [0.05, 0.1) is 17.0 Å². The molecule has 0 unspecified atom stereocenters. The van der Waals surface area contributed by atoms with Gasteiger partial charge in [0.1, 0.15) is 0 Å². The van der Waals surface area contributed by atoms with Crippen LogP contribution in [0.4, 0.5) is 0 Å². The molecule has 6 rings (SSSR count). The van der Waals surface area contributed by atoms with Crippen LogP contribution in [0.25, 0.3) is 38.4 Å². The first kappa shape index (κ1) is 21.4. The number of thiophene rings is 1. The minimum Gasteiger partial charge on any atom is -0.390 e. The molecule has 0 aliphatic heterocycles. The number of hydrogen-bond donors (Lipinski definition) is 2. The molecule has 6 nitrogen and oxygen atoms in total. The SMILES string of the molecule is CC(C)c1cc2ncc3cc(-c4cccs4)c(-c4ccc([C@]5(N)C[C@](C)(O)C5)cc4)nc3n2n1. The zero-order chi connectivity index (χ0) is 23.7. The van der Waals surface area contributed by atoms with Crippen molar-refractivity contribution in [2.75, 3.05) is 0 Å². The molecule has 1 fully saturated rings. The van der Waals surface area contributed by atoms with Crippen LogP contribution >= 0.6 is 11.3 Å². The van der Waals surface area contributed by atoms with Crippen LogP contribution in [-0.4, -0.2) is 30.3 Å². The number of nitrogens with two attached hydrogens (primary N) is 1. The molecule has 7 heteroatoms. The van der Waals surface area contributed by atoms with Crippen LogP contribution in [0, 0.1) is 0 Å². The van der Waals surface area contributed by atoms with Gasteiger partial charge in [-0.1, -0.05) is 44.2 Å². The van der Waals surface area contributed by atoms with Crippen molar-refractivity contribution >= 4 is 28.0 Å². The summed E-state index contributed by atoms with van der Waals surface area (Å²) in [6, 6.07) is 16.7. The van der Waals surface area contributed by atoms with Crippen LogP contribution in [0.15, 0.2) is 60.1 Å². The molecule has 0 saturated heterocycles. The van der Waals surface area contributed by atoms with E-state index in [0.717, 1.165) is 49.6 Å². The average molecular weight is 470 g/mol. The molecule has 4 aromatic heterocycles. The van der Waals surface area contributed by atoms with Gasteiger partial charge in [-0.2, -0.15) is 9.61 Å². The highest BCUT2D eigenvalue weighted by atomic mass is 32.1. The van der Waals surface area contributed by atoms with Crippen molar-refractivity contribution in [3.8, 4) is 21.7 Å². The number of aliphatic hydroxyl groups is 1. The number of hydrogen-bond acceptors (Lipinski definition) is 6. The summed E-state index contributed by atoms with van der Waals surface area (Å²) in [6.07, 6.45) is 3.01. The summed E-state index contributed by atoms with van der Waals surface area (Å²) < 4.78 is 1.85. The van der Waals surface area contributed by atoms with Crippen LogP contribution in [0.2, 0.25) is 0 Å². The van der Waals surface area contributed by atoms with Gasteiger partial charge in [-0.25, -0.2) is 9.97 Å². The monoisotopic (exact) mass is 469 g/mol. The zero-order valence-electron chi connectivity index (χ0n) is 19.5. The van der Waals surface area contributed by atoms with Crippen LogP contribution in [0.3, 0.4) is 0 Å². The summed E-state index contributed by atoms with van der Waals surface area (Å²) in [6.45, 7) is 6.10. The second kappa shape index (κ2) is 7.43. The van der Waals surface area contributed by atoms with E-state index in [2.05, 4.69) is 66.7 Å². The summed E-state index contributed by atoms with van der Waals surface area (Å²) in [4.78, 5) is 10.9. The lowest BCUT2D eigenvalue weighted by molar-refractivity contribution is -0.0738. The van der Waals surface area contributed by atoms with E-state index in [1.54, 1.807) is 11.3 Å². The molecule has 4 heterocycles. The molecule has 1 aliphatic carbocycles. The standard InChI is InChI=1S/C27H27N5OS/c1-16(2)21-12-23-29-13-18-11-20(22-5-4-10-34-22)24(30-25(18)32(23)31-21)17-6-8-19(9-7-17)27(28)14-26(3,33)15-27/h4-13,16,33H,14-15,28H2,1-3H3/t26-,27-. The highest BCUT2D eigenvalue weighted by molar-refractivity contribution is 7.13. The number of nitrogens with zero attached hydrogens (tertiary/aromatic N) is 4. The highest BCUT2D eigenvalue weighted by Crippen LogP contribution is 2.46. The zero-order valence-corrected chi connectivity index (χ0v) is 20.3. The first-order valence-electron chi connectivity index (χ1n) is 11.6. The van der Waals surface area contributed by atoms with Crippen molar-refractivity contribution in [2.24, 2.45) is 5.73 Å². The fourth-order valence-corrected chi connectivity index (χ4v) is 5.89. The number of aromatic nitrogens is 4. The van der Waals surface area contributed by atoms with Crippen molar-refractivity contribution in [1.82, 2.24) is 19.6 Å². The fraction of sp³-hybridized carbons (Fsp3) is 0.296. The third kappa shape index (κ3) is 3.43. The van der Waals surface area contributed by atoms with Crippen molar-refractivity contribution in [1.29, 1.82) is 0 Å². The van der Waals surface area contributed by atoms with Crippen molar-refractivity contribution in [2.45, 2.75) is 50.7 Å². The molecule has 0 radical (unpaired) electrons. The summed E-state index contributed by atoms with van der Waals surface area (Å²) in [5.41, 5.74) is 12.0. The summed E-state index contributed by atoms with van der Waals surface area (Å²) in [5.74, 6) is 0.310. The molecule has 0 bridgehead atoms. The Labute approximate surface area is 202 Å². The molecule has 0 spiro atoms. The predicted octanol–water partition coefficient (Wildman–Crippen LogP) is 5.50. The maximum absolute atomic E-state index is 10.2. The third-order valence-electron chi connectivity index (χ3n) is 6.78. The third-order valence-corrected chi connectivity index (χ3v) is 7.68. The maximum Gasteiger partial charge on any atom is 0.165 e. The van der Waals surface area contributed by atoms with E-state index in [9.17, 15) is 5.11 Å². The lowest BCUT2D eigenvalue weighted by atomic mass is 9.63.